The Kier molecular flexibility index (Phi) is 4.41. The van der Waals surface area contributed by atoms with Crippen LogP contribution in [0.2, 0.25) is 0 Å². The minimum Gasteiger partial charge on any atom is -0.396 e. The fourth-order valence-corrected chi connectivity index (χ4v) is 1.89. The van der Waals surface area contributed by atoms with Gasteiger partial charge in [0.25, 0.3) is 5.69 Å². The summed E-state index contributed by atoms with van der Waals surface area (Å²) in [4.78, 5) is 18.6. The lowest BCUT2D eigenvalue weighted by atomic mass is 10.1. The number of aromatic nitrogens is 2. The number of fused-ring (bicyclic) bond motifs is 1. The lowest BCUT2D eigenvalue weighted by Gasteiger charge is -2.12. The SMILES string of the molecule is CC(CCO)CNc1ncnc2ccc([N+](=O)[O-])cc12. The van der Waals surface area contributed by atoms with Crippen molar-refractivity contribution in [2.45, 2.75) is 13.3 Å². The number of aliphatic hydroxyl groups excluding tert-OH is 1. The Morgan fingerprint density at radius 2 is 2.25 bits per heavy atom. The maximum Gasteiger partial charge on any atom is 0.270 e. The second kappa shape index (κ2) is 6.25. The molecule has 7 heteroatoms. The van der Waals surface area contributed by atoms with Gasteiger partial charge in [-0.1, -0.05) is 6.92 Å². The number of hydrogen-bond donors (Lipinski definition) is 2. The van der Waals surface area contributed by atoms with Crippen LogP contribution in [0.15, 0.2) is 24.5 Å². The Morgan fingerprint density at radius 1 is 1.45 bits per heavy atom. The summed E-state index contributed by atoms with van der Waals surface area (Å²) in [6.45, 7) is 2.78. The lowest BCUT2D eigenvalue weighted by Crippen LogP contribution is -2.13. The first kappa shape index (κ1) is 14.1. The molecule has 0 aliphatic rings. The Bertz CT molecular complexity index is 618. The van der Waals surface area contributed by atoms with Gasteiger partial charge in [0, 0.05) is 30.7 Å². The van der Waals surface area contributed by atoms with Crippen LogP contribution in [-0.2, 0) is 0 Å². The summed E-state index contributed by atoms with van der Waals surface area (Å²) in [7, 11) is 0. The molecule has 2 rings (SSSR count). The van der Waals surface area contributed by atoms with E-state index in [0.29, 0.717) is 29.7 Å². The van der Waals surface area contributed by atoms with Crippen LogP contribution < -0.4 is 5.32 Å². The van der Waals surface area contributed by atoms with Crippen molar-refractivity contribution in [1.29, 1.82) is 0 Å². The molecule has 0 bridgehead atoms. The van der Waals surface area contributed by atoms with Gasteiger partial charge in [0.05, 0.1) is 10.4 Å². The summed E-state index contributed by atoms with van der Waals surface area (Å²) in [5, 5.41) is 23.5. The van der Waals surface area contributed by atoms with Crippen LogP contribution in [0.25, 0.3) is 10.9 Å². The first-order valence-electron chi connectivity index (χ1n) is 6.35. The van der Waals surface area contributed by atoms with Gasteiger partial charge in [-0.15, -0.1) is 0 Å². The third-order valence-corrected chi connectivity index (χ3v) is 3.07. The van der Waals surface area contributed by atoms with Crippen molar-refractivity contribution in [2.24, 2.45) is 5.92 Å². The summed E-state index contributed by atoms with van der Waals surface area (Å²) in [5.41, 5.74) is 0.668. The molecular weight excluding hydrogens is 260 g/mol. The van der Waals surface area contributed by atoms with Crippen molar-refractivity contribution in [3.8, 4) is 0 Å². The third kappa shape index (κ3) is 3.18. The minimum atomic E-state index is -0.440. The molecule has 1 unspecified atom stereocenters. The van der Waals surface area contributed by atoms with Crippen LogP contribution in [0.5, 0.6) is 0 Å². The Morgan fingerprint density at radius 3 is 2.95 bits per heavy atom. The number of nitrogens with zero attached hydrogens (tertiary/aromatic N) is 3. The van der Waals surface area contributed by atoms with Crippen LogP contribution in [0.4, 0.5) is 11.5 Å². The molecule has 0 aliphatic heterocycles. The molecule has 20 heavy (non-hydrogen) atoms. The van der Waals surface area contributed by atoms with E-state index in [1.807, 2.05) is 6.92 Å². The number of nitrogens with one attached hydrogen (secondary N) is 1. The van der Waals surface area contributed by atoms with Crippen LogP contribution in [0, 0.1) is 16.0 Å². The largest absolute Gasteiger partial charge is 0.396 e. The molecule has 0 radical (unpaired) electrons. The summed E-state index contributed by atoms with van der Waals surface area (Å²) < 4.78 is 0. The van der Waals surface area contributed by atoms with E-state index >= 15 is 0 Å². The van der Waals surface area contributed by atoms with Crippen molar-refractivity contribution < 1.29 is 10.0 Å². The van der Waals surface area contributed by atoms with E-state index in [4.69, 9.17) is 5.11 Å². The first-order chi connectivity index (χ1) is 9.61. The van der Waals surface area contributed by atoms with E-state index < -0.39 is 4.92 Å². The first-order valence-corrected chi connectivity index (χ1v) is 6.35. The number of nitro groups is 1. The Labute approximate surface area is 115 Å². The second-order valence-corrected chi connectivity index (χ2v) is 4.68. The highest BCUT2D eigenvalue weighted by atomic mass is 16.6. The molecule has 0 saturated carbocycles. The fourth-order valence-electron chi connectivity index (χ4n) is 1.89. The Hall–Kier alpha value is -2.28. The zero-order valence-corrected chi connectivity index (χ0v) is 11.1. The molecule has 7 nitrogen and oxygen atoms in total. The van der Waals surface area contributed by atoms with Crippen molar-refractivity contribution >= 4 is 22.4 Å². The third-order valence-electron chi connectivity index (χ3n) is 3.07. The summed E-state index contributed by atoms with van der Waals surface area (Å²) >= 11 is 0. The molecule has 2 aromatic rings. The van der Waals surface area contributed by atoms with Crippen LogP contribution in [0.3, 0.4) is 0 Å². The number of benzene rings is 1. The smallest absolute Gasteiger partial charge is 0.270 e. The van der Waals surface area contributed by atoms with Gasteiger partial charge >= 0.3 is 0 Å². The van der Waals surface area contributed by atoms with E-state index in [9.17, 15) is 10.1 Å². The lowest BCUT2D eigenvalue weighted by molar-refractivity contribution is -0.384. The minimum absolute atomic E-state index is 0.0127. The van der Waals surface area contributed by atoms with Gasteiger partial charge in [0.15, 0.2) is 0 Å². The zero-order chi connectivity index (χ0) is 14.5. The number of anilines is 1. The number of aliphatic hydroxyl groups is 1. The molecule has 1 aromatic heterocycles. The number of nitro benzene ring substituents is 1. The van der Waals surface area contributed by atoms with Crippen molar-refractivity contribution in [2.75, 3.05) is 18.5 Å². The van der Waals surface area contributed by atoms with E-state index in [2.05, 4.69) is 15.3 Å². The highest BCUT2D eigenvalue weighted by molar-refractivity contribution is 5.90. The fraction of sp³-hybridized carbons (Fsp3) is 0.385. The molecule has 1 heterocycles. The molecule has 106 valence electrons. The standard InChI is InChI=1S/C13H16N4O3/c1-9(4-5-18)7-14-13-11-6-10(17(19)20)2-3-12(11)15-8-16-13/h2-3,6,8-9,18H,4-5,7H2,1H3,(H,14,15,16). The summed E-state index contributed by atoms with van der Waals surface area (Å²) in [5.74, 6) is 0.854. The van der Waals surface area contributed by atoms with Crippen molar-refractivity contribution in [3.63, 3.8) is 0 Å². The predicted octanol–water partition coefficient (Wildman–Crippen LogP) is 1.97. The van der Waals surface area contributed by atoms with Crippen molar-refractivity contribution in [3.05, 3.63) is 34.6 Å². The van der Waals surface area contributed by atoms with Gasteiger partial charge in [-0.2, -0.15) is 0 Å². The van der Waals surface area contributed by atoms with Gasteiger partial charge in [-0.05, 0) is 18.4 Å². The van der Waals surface area contributed by atoms with E-state index in [1.54, 1.807) is 6.07 Å². The highest BCUT2D eigenvalue weighted by Crippen LogP contribution is 2.24. The molecular formula is C13H16N4O3. The predicted molar refractivity (Wildman–Crippen MR) is 75.5 cm³/mol. The summed E-state index contributed by atoms with van der Waals surface area (Å²) in [6.07, 6.45) is 2.11. The topological polar surface area (TPSA) is 101 Å². The molecule has 2 N–H and O–H groups in total. The quantitative estimate of drug-likeness (QED) is 0.618. The van der Waals surface area contributed by atoms with E-state index in [0.717, 1.165) is 0 Å². The molecule has 1 atom stereocenters. The monoisotopic (exact) mass is 276 g/mol. The van der Waals surface area contributed by atoms with Gasteiger partial charge in [-0.3, -0.25) is 10.1 Å². The normalized spacial score (nSPS) is 12.3. The molecule has 0 spiro atoms. The van der Waals surface area contributed by atoms with Gasteiger partial charge in [0.2, 0.25) is 0 Å². The second-order valence-electron chi connectivity index (χ2n) is 4.68. The highest BCUT2D eigenvalue weighted by Gasteiger charge is 2.11. The average Bonchev–Trinajstić information content (AvgIpc) is 2.44. The maximum absolute atomic E-state index is 10.8. The summed E-state index contributed by atoms with van der Waals surface area (Å²) in [6, 6.07) is 4.50. The number of non-ortho nitro benzene ring substituents is 1. The molecule has 0 amide bonds. The van der Waals surface area contributed by atoms with Crippen LogP contribution >= 0.6 is 0 Å². The number of hydrogen-bond acceptors (Lipinski definition) is 6. The van der Waals surface area contributed by atoms with Crippen molar-refractivity contribution in [1.82, 2.24) is 9.97 Å². The van der Waals surface area contributed by atoms with Gasteiger partial charge < -0.3 is 10.4 Å². The molecule has 0 fully saturated rings. The van der Waals surface area contributed by atoms with E-state index in [1.165, 1.54) is 18.5 Å². The molecule has 0 saturated heterocycles. The zero-order valence-electron chi connectivity index (χ0n) is 11.1. The number of rotatable bonds is 6. The van der Waals surface area contributed by atoms with Crippen LogP contribution in [-0.4, -0.2) is 33.1 Å². The van der Waals surface area contributed by atoms with E-state index in [-0.39, 0.29) is 18.2 Å². The van der Waals surface area contributed by atoms with Crippen LogP contribution in [0.1, 0.15) is 13.3 Å². The van der Waals surface area contributed by atoms with Gasteiger partial charge in [-0.25, -0.2) is 9.97 Å². The van der Waals surface area contributed by atoms with Gasteiger partial charge in [0.1, 0.15) is 12.1 Å². The maximum atomic E-state index is 10.8. The Balaban J connectivity index is 2.27. The molecule has 0 aliphatic carbocycles. The molecule has 1 aromatic carbocycles. The average molecular weight is 276 g/mol.